The number of rotatable bonds is 11. The van der Waals surface area contributed by atoms with Crippen LogP contribution in [-0.4, -0.2) is 38.6 Å². The Balaban J connectivity index is 1.09. The zero-order chi connectivity index (χ0) is 63.1. The summed E-state index contributed by atoms with van der Waals surface area (Å²) in [5.74, 6) is 1.19. The van der Waals surface area contributed by atoms with Gasteiger partial charge in [-0.3, -0.25) is 0 Å². The SMILES string of the molecule is Cc1ccc2c(c1)c1ccccc1n2-c1c(-c2cc(-c3ccccc3)nc(-c3ccccc3)n2)cc(-n2c3ccccc3c3cc(-c4cccc(-c5ccccc5)n4)ccc32)c(-n2c3ccccc3c3cc(C)ccc32)c1-c1cc(-c2ccccc2)nc(-c2ccccc2)n1. The normalized spacial score (nSPS) is 11.7. The Labute approximate surface area is 548 Å². The van der Waals surface area contributed by atoms with Gasteiger partial charge in [-0.05, 0) is 98.8 Å². The lowest BCUT2D eigenvalue weighted by Crippen LogP contribution is -2.12. The Morgan fingerprint density at radius 1 is 0.221 bits per heavy atom. The number of aromatic nitrogens is 8. The number of fused-ring (bicyclic) bond motifs is 9. The summed E-state index contributed by atoms with van der Waals surface area (Å²) in [5, 5.41) is 6.70. The van der Waals surface area contributed by atoms with E-state index in [1.54, 1.807) is 0 Å². The first-order valence-corrected chi connectivity index (χ1v) is 32.2. The van der Waals surface area contributed by atoms with Crippen LogP contribution in [0.2, 0.25) is 0 Å². The zero-order valence-corrected chi connectivity index (χ0v) is 52.1. The number of benzene rings is 12. The number of aryl methyl sites for hydroxylation is 2. The number of pyridine rings is 1. The Bertz CT molecular complexity index is 5920. The standard InChI is InChI=1S/C87H58N8/c1-55-43-46-80-66(49-55)63-35-19-22-41-77(63)94(80)84-69(74-53-72(58-27-10-4-11-28-58)89-86(91-74)60-31-14-6-15-32-60)52-82(93-76-40-21-18-37-65(76)68-51-62(45-48-79(68)93)71-39-24-38-70(88-71)57-25-8-3-9-26-57)85(95-78-42-23-20-36-64(78)67-50-56(2)44-47-81(67)95)83(84)75-54-73(59-29-12-5-13-30-59)90-87(92-75)61-33-16-7-17-34-61/h3-54H,1-2H3. The molecule has 0 amide bonds. The van der Waals surface area contributed by atoms with E-state index < -0.39 is 0 Å². The van der Waals surface area contributed by atoms with Gasteiger partial charge < -0.3 is 13.7 Å². The van der Waals surface area contributed by atoms with E-state index >= 15 is 0 Å². The van der Waals surface area contributed by atoms with E-state index in [9.17, 15) is 0 Å². The van der Waals surface area contributed by atoms with Gasteiger partial charge in [0.1, 0.15) is 0 Å². The molecule has 6 heterocycles. The minimum atomic E-state index is 0.593. The Kier molecular flexibility index (Phi) is 13.2. The van der Waals surface area contributed by atoms with Gasteiger partial charge in [0.15, 0.2) is 11.6 Å². The average molecular weight is 1220 g/mol. The van der Waals surface area contributed by atoms with Gasteiger partial charge in [0.2, 0.25) is 0 Å². The molecular formula is C87H58N8. The molecule has 12 aromatic carbocycles. The second-order valence-corrected chi connectivity index (χ2v) is 24.5. The maximum Gasteiger partial charge on any atom is 0.160 e. The second-order valence-electron chi connectivity index (χ2n) is 24.5. The molecule has 0 spiro atoms. The highest BCUT2D eigenvalue weighted by Crippen LogP contribution is 2.51. The maximum atomic E-state index is 5.99. The smallest absolute Gasteiger partial charge is 0.160 e. The third-order valence-electron chi connectivity index (χ3n) is 18.6. The van der Waals surface area contributed by atoms with Gasteiger partial charge in [-0.15, -0.1) is 0 Å². The molecule has 0 saturated carbocycles. The van der Waals surface area contributed by atoms with Crippen LogP contribution >= 0.6 is 0 Å². The minimum absolute atomic E-state index is 0.593. The molecule has 18 aromatic rings. The van der Waals surface area contributed by atoms with Gasteiger partial charge in [-0.25, -0.2) is 24.9 Å². The molecule has 0 aliphatic carbocycles. The van der Waals surface area contributed by atoms with Gasteiger partial charge >= 0.3 is 0 Å². The van der Waals surface area contributed by atoms with E-state index in [2.05, 4.69) is 325 Å². The fourth-order valence-electron chi connectivity index (χ4n) is 14.2. The van der Waals surface area contributed by atoms with Gasteiger partial charge in [-0.2, -0.15) is 0 Å². The molecule has 446 valence electrons. The molecule has 0 radical (unpaired) electrons. The summed E-state index contributed by atoms with van der Waals surface area (Å²) in [6.07, 6.45) is 0. The van der Waals surface area contributed by atoms with Crippen molar-refractivity contribution in [3.63, 3.8) is 0 Å². The van der Waals surface area contributed by atoms with Gasteiger partial charge in [0, 0.05) is 71.3 Å². The van der Waals surface area contributed by atoms with Crippen molar-refractivity contribution < 1.29 is 0 Å². The van der Waals surface area contributed by atoms with Crippen LogP contribution in [0.3, 0.4) is 0 Å². The van der Waals surface area contributed by atoms with E-state index in [4.69, 9.17) is 24.9 Å². The Hall–Kier alpha value is -12.7. The number of hydrogen-bond acceptors (Lipinski definition) is 5. The first-order chi connectivity index (χ1) is 46.9. The number of para-hydroxylation sites is 3. The molecule has 8 heteroatoms. The van der Waals surface area contributed by atoms with E-state index in [0.717, 1.165) is 161 Å². The molecule has 0 N–H and O–H groups in total. The van der Waals surface area contributed by atoms with Crippen molar-refractivity contribution in [1.29, 1.82) is 0 Å². The first-order valence-electron chi connectivity index (χ1n) is 32.2. The van der Waals surface area contributed by atoms with Crippen LogP contribution in [0.25, 0.3) is 173 Å². The largest absolute Gasteiger partial charge is 0.308 e. The van der Waals surface area contributed by atoms with Crippen LogP contribution in [0, 0.1) is 13.8 Å². The summed E-state index contributed by atoms with van der Waals surface area (Å²) in [6.45, 7) is 4.37. The van der Waals surface area contributed by atoms with Crippen LogP contribution in [0.4, 0.5) is 0 Å². The van der Waals surface area contributed by atoms with Gasteiger partial charge in [0.05, 0.1) is 89.9 Å². The van der Waals surface area contributed by atoms with Crippen molar-refractivity contribution in [2.75, 3.05) is 0 Å². The molecule has 18 rings (SSSR count). The summed E-state index contributed by atoms with van der Waals surface area (Å²) in [5.41, 5.74) is 23.6. The van der Waals surface area contributed by atoms with Crippen LogP contribution in [-0.2, 0) is 0 Å². The lowest BCUT2D eigenvalue weighted by Gasteiger charge is -2.27. The van der Waals surface area contributed by atoms with Crippen molar-refractivity contribution in [1.82, 2.24) is 38.6 Å². The third-order valence-corrected chi connectivity index (χ3v) is 18.6. The van der Waals surface area contributed by atoms with E-state index in [-0.39, 0.29) is 0 Å². The monoisotopic (exact) mass is 1210 g/mol. The van der Waals surface area contributed by atoms with Crippen LogP contribution in [0.1, 0.15) is 11.1 Å². The minimum Gasteiger partial charge on any atom is -0.308 e. The Morgan fingerprint density at radius 3 is 1.11 bits per heavy atom. The van der Waals surface area contributed by atoms with Gasteiger partial charge in [0.25, 0.3) is 0 Å². The second kappa shape index (κ2) is 22.6. The predicted molar refractivity (Wildman–Crippen MR) is 391 cm³/mol. The molecule has 0 fully saturated rings. The zero-order valence-electron chi connectivity index (χ0n) is 52.1. The summed E-state index contributed by atoms with van der Waals surface area (Å²) in [4.78, 5) is 28.2. The van der Waals surface area contributed by atoms with Crippen molar-refractivity contribution >= 4 is 65.4 Å². The number of nitrogens with zero attached hydrogens (tertiary/aromatic N) is 8. The molecule has 0 bridgehead atoms. The van der Waals surface area contributed by atoms with Crippen molar-refractivity contribution in [2.45, 2.75) is 13.8 Å². The van der Waals surface area contributed by atoms with Gasteiger partial charge in [-0.1, -0.05) is 242 Å². The predicted octanol–water partition coefficient (Wildman–Crippen LogP) is 21.9. The summed E-state index contributed by atoms with van der Waals surface area (Å²) >= 11 is 0. The van der Waals surface area contributed by atoms with Crippen LogP contribution in [0.5, 0.6) is 0 Å². The van der Waals surface area contributed by atoms with E-state index in [0.29, 0.717) is 11.6 Å². The Morgan fingerprint density at radius 2 is 0.589 bits per heavy atom. The summed E-state index contributed by atoms with van der Waals surface area (Å²) < 4.78 is 7.51. The summed E-state index contributed by atoms with van der Waals surface area (Å²) in [6, 6.07) is 112. The van der Waals surface area contributed by atoms with Crippen LogP contribution in [0.15, 0.2) is 315 Å². The van der Waals surface area contributed by atoms with Crippen molar-refractivity contribution in [3.8, 4) is 107 Å². The summed E-state index contributed by atoms with van der Waals surface area (Å²) in [7, 11) is 0. The average Bonchev–Trinajstić information content (AvgIpc) is 1.61. The fraction of sp³-hybridized carbons (Fsp3) is 0.0230. The highest BCUT2D eigenvalue weighted by atomic mass is 15.1. The van der Waals surface area contributed by atoms with E-state index in [1.807, 2.05) is 18.2 Å². The molecule has 0 aliphatic heterocycles. The third kappa shape index (κ3) is 9.41. The quantitative estimate of drug-likeness (QED) is 0.129. The lowest BCUT2D eigenvalue weighted by molar-refractivity contribution is 1.07. The molecule has 0 saturated heterocycles. The number of hydrogen-bond donors (Lipinski definition) is 0. The first kappa shape index (κ1) is 55.2. The van der Waals surface area contributed by atoms with E-state index in [1.165, 1.54) is 11.1 Å². The molecule has 0 atom stereocenters. The molecule has 8 nitrogen and oxygen atoms in total. The lowest BCUT2D eigenvalue weighted by atomic mass is 9.94. The molecule has 0 unspecified atom stereocenters. The molecule has 0 aliphatic rings. The fourth-order valence-corrected chi connectivity index (χ4v) is 14.2. The molecular weight excluding hydrogens is 1160 g/mol. The highest BCUT2D eigenvalue weighted by molar-refractivity contribution is 6.16. The van der Waals surface area contributed by atoms with Crippen molar-refractivity contribution in [2.24, 2.45) is 0 Å². The van der Waals surface area contributed by atoms with Crippen LogP contribution < -0.4 is 0 Å². The maximum absolute atomic E-state index is 5.99. The molecule has 6 aromatic heterocycles. The van der Waals surface area contributed by atoms with Crippen molar-refractivity contribution in [3.05, 3.63) is 327 Å². The topological polar surface area (TPSA) is 79.2 Å². The highest BCUT2D eigenvalue weighted by Gasteiger charge is 2.32. The molecule has 95 heavy (non-hydrogen) atoms.